The Kier molecular flexibility index (Phi) is 15.0. The van der Waals surface area contributed by atoms with Crippen LogP contribution in [0.5, 0.6) is 0 Å². The predicted molar refractivity (Wildman–Crippen MR) is 131 cm³/mol. The van der Waals surface area contributed by atoms with Gasteiger partial charge in [0.25, 0.3) is 0 Å². The maximum Gasteiger partial charge on any atom is -0.0410 e. The minimum absolute atomic E-state index is 0. The molecule has 0 radical (unpaired) electrons. The zero-order chi connectivity index (χ0) is 22.1. The summed E-state index contributed by atoms with van der Waals surface area (Å²) in [5, 5.41) is 0. The van der Waals surface area contributed by atoms with Crippen LogP contribution >= 0.6 is 0 Å². The number of aryl methyl sites for hydroxylation is 4. The Morgan fingerprint density at radius 3 is 1.06 bits per heavy atom. The molecule has 0 spiro atoms. The molecule has 0 saturated heterocycles. The van der Waals surface area contributed by atoms with Gasteiger partial charge in [-0.1, -0.05) is 60.4 Å². The molecule has 4 heteroatoms. The molecule has 0 unspecified atom stereocenters. The van der Waals surface area contributed by atoms with E-state index in [9.17, 15) is 0 Å². The summed E-state index contributed by atoms with van der Waals surface area (Å²) < 4.78 is 0. The van der Waals surface area contributed by atoms with E-state index in [0.29, 0.717) is 0 Å². The van der Waals surface area contributed by atoms with Crippen molar-refractivity contribution in [2.24, 2.45) is 0 Å². The van der Waals surface area contributed by atoms with Crippen molar-refractivity contribution < 1.29 is 48.1 Å². The van der Waals surface area contributed by atoms with Gasteiger partial charge in [0.05, 0.1) is 0 Å². The Hall–Kier alpha value is -1.18. The van der Waals surface area contributed by atoms with Gasteiger partial charge in [-0.25, -0.2) is 0 Å². The van der Waals surface area contributed by atoms with Crippen molar-refractivity contribution >= 4 is 5.43 Å². The Labute approximate surface area is 222 Å². The summed E-state index contributed by atoms with van der Waals surface area (Å²) in [5.41, 5.74) is 10.9. The van der Waals surface area contributed by atoms with Gasteiger partial charge in [-0.2, -0.15) is 12.1 Å². The first-order valence-electron chi connectivity index (χ1n) is 10.4. The van der Waals surface area contributed by atoms with Gasteiger partial charge in [0, 0.05) is 0 Å². The summed E-state index contributed by atoms with van der Waals surface area (Å²) in [6, 6.07) is 30.2. The van der Waals surface area contributed by atoms with Crippen LogP contribution in [0, 0.1) is 27.7 Å². The molecule has 4 rings (SSSR count). The molecule has 0 N–H and O–H groups in total. The van der Waals surface area contributed by atoms with Crippen LogP contribution in [0.2, 0.25) is 13.1 Å². The van der Waals surface area contributed by atoms with Gasteiger partial charge in [-0.3, -0.25) is 0 Å². The van der Waals surface area contributed by atoms with Crippen LogP contribution in [-0.4, -0.2) is 5.43 Å². The van der Waals surface area contributed by atoms with Crippen molar-refractivity contribution in [2.45, 2.75) is 40.8 Å². The van der Waals surface area contributed by atoms with E-state index in [2.05, 4.69) is 126 Å². The molecule has 0 amide bonds. The number of rotatable bonds is 2. The SMILES string of the molecule is C[Si](C)=[Zr+2].Cc1ccc(-[c-]2cccc2C)cc1.Cc1ccc(-[c-]2cccc2C)cc1.[Cl-].[Cl-]. The molecule has 0 bridgehead atoms. The van der Waals surface area contributed by atoms with Crippen LogP contribution in [0.3, 0.4) is 0 Å². The van der Waals surface area contributed by atoms with Crippen molar-refractivity contribution in [3.05, 3.63) is 107 Å². The molecule has 0 aromatic heterocycles. The van der Waals surface area contributed by atoms with Crippen molar-refractivity contribution in [2.75, 3.05) is 0 Å². The fraction of sp³-hybridized carbons (Fsp3) is 0.214. The topological polar surface area (TPSA) is 0 Å². The molecular formula is C28H32Cl2SiZr-2. The summed E-state index contributed by atoms with van der Waals surface area (Å²) in [5.74, 6) is 0. The number of benzene rings is 2. The molecule has 0 fully saturated rings. The zero-order valence-corrected chi connectivity index (χ0v) is 24.8. The molecule has 0 atom stereocenters. The number of hydrogen-bond donors (Lipinski definition) is 0. The molecule has 168 valence electrons. The van der Waals surface area contributed by atoms with Gasteiger partial charge in [0.2, 0.25) is 0 Å². The Morgan fingerprint density at radius 2 is 0.844 bits per heavy atom. The molecule has 0 aliphatic carbocycles. The maximum atomic E-state index is 2.31. The van der Waals surface area contributed by atoms with E-state index in [1.54, 1.807) is 23.3 Å². The fourth-order valence-electron chi connectivity index (χ4n) is 3.13. The Morgan fingerprint density at radius 1 is 0.562 bits per heavy atom. The third-order valence-corrected chi connectivity index (χ3v) is 4.79. The van der Waals surface area contributed by atoms with Crippen LogP contribution < -0.4 is 24.8 Å². The minimum atomic E-state index is 0. The third-order valence-electron chi connectivity index (χ3n) is 4.79. The van der Waals surface area contributed by atoms with Gasteiger partial charge in [0.15, 0.2) is 0 Å². The number of hydrogen-bond acceptors (Lipinski definition) is 0. The monoisotopic (exact) mass is 556 g/mol. The van der Waals surface area contributed by atoms with Crippen LogP contribution in [0.15, 0.2) is 84.9 Å². The standard InChI is InChI=1S/2C13H13.C2H6Si.2ClH.Zr/c2*1-10-6-8-12(9-7-10)13-5-3-4-11(13)2;1-3-2;;;/h2*3-9H,1-2H3;1-2H3;2*1H;/q2*-1;;;;+2/p-2. The largest absolute Gasteiger partial charge is 1.00 e. The molecule has 4 aromatic carbocycles. The second-order valence-corrected chi connectivity index (χ2v) is 17.4. The van der Waals surface area contributed by atoms with Crippen LogP contribution in [0.4, 0.5) is 0 Å². The summed E-state index contributed by atoms with van der Waals surface area (Å²) in [7, 11) is 0. The van der Waals surface area contributed by atoms with E-state index >= 15 is 0 Å². The molecular weight excluding hydrogens is 527 g/mol. The van der Waals surface area contributed by atoms with Crippen molar-refractivity contribution in [1.29, 1.82) is 0 Å². The molecule has 0 aliphatic heterocycles. The van der Waals surface area contributed by atoms with Crippen LogP contribution in [0.25, 0.3) is 22.3 Å². The molecule has 4 aromatic rings. The van der Waals surface area contributed by atoms with Gasteiger partial charge in [-0.05, 0) is 13.8 Å². The Bertz CT molecular complexity index is 972. The number of halogens is 2. The van der Waals surface area contributed by atoms with E-state index in [4.69, 9.17) is 0 Å². The fourth-order valence-corrected chi connectivity index (χ4v) is 3.13. The minimum Gasteiger partial charge on any atom is -1.00 e. The second-order valence-electron chi connectivity index (χ2n) is 7.98. The zero-order valence-electron chi connectivity index (χ0n) is 19.8. The first-order chi connectivity index (χ1) is 14.3. The summed E-state index contributed by atoms with van der Waals surface area (Å²) in [6.45, 7) is 13.1. The van der Waals surface area contributed by atoms with E-state index in [-0.39, 0.29) is 30.2 Å². The molecule has 0 saturated carbocycles. The van der Waals surface area contributed by atoms with Crippen molar-refractivity contribution in [1.82, 2.24) is 0 Å². The van der Waals surface area contributed by atoms with Gasteiger partial charge in [-0.15, -0.1) is 70.8 Å². The quantitative estimate of drug-likeness (QED) is 0.262. The average molecular weight is 559 g/mol. The van der Waals surface area contributed by atoms with E-state index in [1.807, 2.05) is 0 Å². The average Bonchev–Trinajstić information content (AvgIpc) is 3.31. The van der Waals surface area contributed by atoms with E-state index < -0.39 is 0 Å². The Balaban J connectivity index is 0.000000490. The van der Waals surface area contributed by atoms with Gasteiger partial charge >= 0.3 is 41.9 Å². The summed E-state index contributed by atoms with van der Waals surface area (Å²) >= 11 is 1.74. The van der Waals surface area contributed by atoms with Crippen LogP contribution in [-0.2, 0) is 23.3 Å². The molecule has 32 heavy (non-hydrogen) atoms. The van der Waals surface area contributed by atoms with Crippen molar-refractivity contribution in [3.8, 4) is 22.3 Å². The first-order valence-corrected chi connectivity index (χ1v) is 16.6. The predicted octanol–water partition coefficient (Wildman–Crippen LogP) is 2.17. The second kappa shape index (κ2) is 15.6. The van der Waals surface area contributed by atoms with E-state index in [0.717, 1.165) is 0 Å². The first kappa shape index (κ1) is 30.8. The maximum absolute atomic E-state index is 2.31. The normalized spacial score (nSPS) is 9.25. The molecule has 0 aliphatic rings. The van der Waals surface area contributed by atoms with Gasteiger partial charge in [0.1, 0.15) is 0 Å². The van der Waals surface area contributed by atoms with Crippen LogP contribution in [0.1, 0.15) is 22.3 Å². The van der Waals surface area contributed by atoms with Gasteiger partial charge < -0.3 is 24.8 Å². The summed E-state index contributed by atoms with van der Waals surface area (Å²) in [4.78, 5) is 0. The smallest absolute Gasteiger partial charge is 0.0410 e. The third kappa shape index (κ3) is 10.2. The molecule has 0 nitrogen and oxygen atoms in total. The molecule has 0 heterocycles. The summed E-state index contributed by atoms with van der Waals surface area (Å²) in [6.07, 6.45) is 0. The van der Waals surface area contributed by atoms with E-state index in [1.165, 1.54) is 44.5 Å². The van der Waals surface area contributed by atoms with Crippen molar-refractivity contribution in [3.63, 3.8) is 0 Å².